The molecule has 3 fully saturated rings. The molecule has 30 heavy (non-hydrogen) atoms. The Kier molecular flexibility index (Phi) is 7.69. The van der Waals surface area contributed by atoms with E-state index in [2.05, 4.69) is 46.4 Å². The summed E-state index contributed by atoms with van der Waals surface area (Å²) >= 11 is 0. The molecule has 3 saturated carbocycles. The minimum absolute atomic E-state index is 0.359. The zero-order valence-electron chi connectivity index (χ0n) is 19.6. The van der Waals surface area contributed by atoms with Crippen molar-refractivity contribution in [2.24, 2.45) is 29.1 Å². The summed E-state index contributed by atoms with van der Waals surface area (Å²) in [6.07, 6.45) is 12.0. The molecule has 3 heteroatoms. The summed E-state index contributed by atoms with van der Waals surface area (Å²) in [5.74, 6) is 3.06. The van der Waals surface area contributed by atoms with Gasteiger partial charge in [0.05, 0.1) is 6.10 Å². The van der Waals surface area contributed by atoms with Crippen LogP contribution in [0.1, 0.15) is 85.5 Å². The molecule has 0 bridgehead atoms. The van der Waals surface area contributed by atoms with Gasteiger partial charge in [0.2, 0.25) is 0 Å². The molecule has 3 aliphatic rings. The van der Waals surface area contributed by atoms with Crippen LogP contribution < -0.4 is 0 Å². The van der Waals surface area contributed by atoms with Crippen LogP contribution in [0, 0.1) is 29.1 Å². The lowest BCUT2D eigenvalue weighted by Gasteiger charge is -2.44. The van der Waals surface area contributed by atoms with E-state index in [4.69, 9.17) is 0 Å². The van der Waals surface area contributed by atoms with Crippen LogP contribution in [0.3, 0.4) is 0 Å². The maximum absolute atomic E-state index is 10.1. The molecule has 0 spiro atoms. The third-order valence-corrected chi connectivity index (χ3v) is 8.58. The minimum Gasteiger partial charge on any atom is -0.390 e. The van der Waals surface area contributed by atoms with Gasteiger partial charge in [-0.3, -0.25) is 0 Å². The van der Waals surface area contributed by atoms with Crippen molar-refractivity contribution in [2.75, 3.05) is 0 Å². The van der Waals surface area contributed by atoms with Gasteiger partial charge in [-0.15, -0.1) is 0 Å². The average molecular weight is 417 g/mol. The molecule has 0 aromatic rings. The molecule has 3 rings (SSSR count). The van der Waals surface area contributed by atoms with E-state index in [1.165, 1.54) is 50.5 Å². The van der Waals surface area contributed by atoms with Crippen LogP contribution in [0.15, 0.2) is 35.5 Å². The second-order valence-electron chi connectivity index (χ2n) is 11.1. The second-order valence-corrected chi connectivity index (χ2v) is 11.1. The largest absolute Gasteiger partial charge is 0.390 e. The Morgan fingerprint density at radius 3 is 2.53 bits per heavy atom. The van der Waals surface area contributed by atoms with Gasteiger partial charge in [-0.2, -0.15) is 0 Å². The van der Waals surface area contributed by atoms with Crippen molar-refractivity contribution in [3.8, 4) is 0 Å². The summed E-state index contributed by atoms with van der Waals surface area (Å²) in [6, 6.07) is 0. The van der Waals surface area contributed by atoms with Gasteiger partial charge < -0.3 is 15.3 Å². The summed E-state index contributed by atoms with van der Waals surface area (Å²) in [5.41, 5.74) is 3.36. The first-order valence-electron chi connectivity index (χ1n) is 12.3. The number of hydrogen-bond acceptors (Lipinski definition) is 3. The molecule has 0 unspecified atom stereocenters. The third kappa shape index (κ3) is 4.79. The molecule has 0 heterocycles. The average Bonchev–Trinajstić information content (AvgIpc) is 3.05. The van der Waals surface area contributed by atoms with Gasteiger partial charge in [-0.05, 0) is 72.3 Å². The first-order valence-corrected chi connectivity index (χ1v) is 12.3. The highest BCUT2D eigenvalue weighted by atomic mass is 16.4. The Morgan fingerprint density at radius 2 is 1.83 bits per heavy atom. The SMILES string of the molecule is C=C1/C(=C\C=C2/CCC[C@]3(C)[C@@H]([C@H](C)CCCC(C)C)CC[C@@H]23)C[C@H](O)[C@@H](O)[C@H]1O. The number of aliphatic hydroxyl groups excluding tert-OH is 3. The topological polar surface area (TPSA) is 60.7 Å². The van der Waals surface area contributed by atoms with Crippen molar-refractivity contribution in [2.45, 2.75) is 104 Å². The predicted molar refractivity (Wildman–Crippen MR) is 124 cm³/mol. The van der Waals surface area contributed by atoms with E-state index >= 15 is 0 Å². The van der Waals surface area contributed by atoms with Gasteiger partial charge in [-0.1, -0.05) is 71.3 Å². The van der Waals surface area contributed by atoms with E-state index in [-0.39, 0.29) is 0 Å². The van der Waals surface area contributed by atoms with Gasteiger partial charge in [0.1, 0.15) is 12.2 Å². The van der Waals surface area contributed by atoms with Crippen LogP contribution in [0.2, 0.25) is 0 Å². The van der Waals surface area contributed by atoms with E-state index in [9.17, 15) is 15.3 Å². The van der Waals surface area contributed by atoms with Gasteiger partial charge in [-0.25, -0.2) is 0 Å². The normalized spacial score (nSPS) is 40.9. The summed E-state index contributed by atoms with van der Waals surface area (Å²) in [7, 11) is 0. The lowest BCUT2D eigenvalue weighted by molar-refractivity contribution is -0.0530. The number of aliphatic hydroxyl groups is 3. The highest BCUT2D eigenvalue weighted by Crippen LogP contribution is 2.59. The van der Waals surface area contributed by atoms with Crippen molar-refractivity contribution < 1.29 is 15.3 Å². The Bertz CT molecular complexity index is 676. The molecule has 0 aliphatic heterocycles. The molecular weight excluding hydrogens is 372 g/mol. The van der Waals surface area contributed by atoms with Crippen LogP contribution in [-0.4, -0.2) is 33.6 Å². The first-order chi connectivity index (χ1) is 14.1. The summed E-state index contributed by atoms with van der Waals surface area (Å²) in [5, 5.41) is 30.1. The molecule has 170 valence electrons. The zero-order chi connectivity index (χ0) is 22.1. The maximum atomic E-state index is 10.1. The van der Waals surface area contributed by atoms with Crippen LogP contribution >= 0.6 is 0 Å². The Balaban J connectivity index is 1.72. The van der Waals surface area contributed by atoms with Crippen LogP contribution in [0.25, 0.3) is 0 Å². The fourth-order valence-electron chi connectivity index (χ4n) is 6.73. The predicted octanol–water partition coefficient (Wildman–Crippen LogP) is 5.56. The highest BCUT2D eigenvalue weighted by molar-refractivity contribution is 5.40. The maximum Gasteiger partial charge on any atom is 0.110 e. The fourth-order valence-corrected chi connectivity index (χ4v) is 6.73. The molecule has 7 atom stereocenters. The van der Waals surface area contributed by atoms with Crippen molar-refractivity contribution in [3.63, 3.8) is 0 Å². The monoisotopic (exact) mass is 416 g/mol. The first kappa shape index (κ1) is 23.8. The van der Waals surface area contributed by atoms with E-state index in [0.717, 1.165) is 29.7 Å². The number of fused-ring (bicyclic) bond motifs is 1. The molecular formula is C27H44O3. The summed E-state index contributed by atoms with van der Waals surface area (Å²) < 4.78 is 0. The molecule has 0 radical (unpaired) electrons. The van der Waals surface area contributed by atoms with E-state index in [1.54, 1.807) is 0 Å². The molecule has 0 aromatic heterocycles. The third-order valence-electron chi connectivity index (χ3n) is 8.58. The van der Waals surface area contributed by atoms with E-state index < -0.39 is 18.3 Å². The van der Waals surface area contributed by atoms with Crippen LogP contribution in [-0.2, 0) is 0 Å². The lowest BCUT2D eigenvalue weighted by Crippen LogP contribution is -2.43. The van der Waals surface area contributed by atoms with E-state index in [0.29, 0.717) is 23.3 Å². The van der Waals surface area contributed by atoms with Crippen molar-refractivity contribution in [1.82, 2.24) is 0 Å². The molecule has 0 aromatic carbocycles. The van der Waals surface area contributed by atoms with Gasteiger partial charge >= 0.3 is 0 Å². The molecule has 3 aliphatic carbocycles. The minimum atomic E-state index is -1.13. The van der Waals surface area contributed by atoms with Crippen molar-refractivity contribution in [3.05, 3.63) is 35.5 Å². The number of hydrogen-bond donors (Lipinski definition) is 3. The number of allylic oxidation sites excluding steroid dienone is 3. The van der Waals surface area contributed by atoms with Crippen molar-refractivity contribution in [1.29, 1.82) is 0 Å². The van der Waals surface area contributed by atoms with Crippen LogP contribution in [0.5, 0.6) is 0 Å². The molecule has 0 saturated heterocycles. The number of rotatable bonds is 6. The van der Waals surface area contributed by atoms with Gasteiger partial charge in [0.15, 0.2) is 0 Å². The van der Waals surface area contributed by atoms with Crippen molar-refractivity contribution >= 4 is 0 Å². The second kappa shape index (κ2) is 9.71. The summed E-state index contributed by atoms with van der Waals surface area (Å²) in [6.45, 7) is 13.6. The zero-order valence-corrected chi connectivity index (χ0v) is 19.6. The fraction of sp³-hybridized carbons (Fsp3) is 0.778. The summed E-state index contributed by atoms with van der Waals surface area (Å²) in [4.78, 5) is 0. The lowest BCUT2D eigenvalue weighted by atomic mass is 9.60. The van der Waals surface area contributed by atoms with Crippen LogP contribution in [0.4, 0.5) is 0 Å². The van der Waals surface area contributed by atoms with Gasteiger partial charge in [0, 0.05) is 6.42 Å². The molecule has 3 N–H and O–H groups in total. The molecule has 3 nitrogen and oxygen atoms in total. The Morgan fingerprint density at radius 1 is 1.10 bits per heavy atom. The standard InChI is InChI=1S/C27H44O3/c1-17(2)8-6-9-18(3)22-13-14-23-20(10-7-15-27(22,23)5)11-12-21-16-24(28)26(30)25(29)19(21)4/h11-12,17-18,22-26,28-30H,4,6-10,13-16H2,1-3,5H3/b20-11+,21-12-/t18-,22-,23+,24+,25+,26-,27-/m1/s1. The van der Waals surface area contributed by atoms with E-state index in [1.807, 2.05) is 0 Å². The highest BCUT2D eigenvalue weighted by Gasteiger charge is 2.50. The smallest absolute Gasteiger partial charge is 0.110 e. The molecule has 0 amide bonds. The van der Waals surface area contributed by atoms with Gasteiger partial charge in [0.25, 0.3) is 0 Å². The Hall–Kier alpha value is -0.900. The Labute approximate surface area is 184 Å². The quantitative estimate of drug-likeness (QED) is 0.531.